The number of benzene rings is 1. The minimum absolute atomic E-state index is 0.0578. The maximum absolute atomic E-state index is 12.5. The van der Waals surface area contributed by atoms with Gasteiger partial charge in [-0.3, -0.25) is 9.69 Å². The van der Waals surface area contributed by atoms with Crippen LogP contribution in [0.15, 0.2) is 29.2 Å². The number of nitrogens with zero attached hydrogens (tertiary/aromatic N) is 2. The first kappa shape index (κ1) is 19.9. The molecule has 1 fully saturated rings. The number of anilines is 1. The van der Waals surface area contributed by atoms with Crippen LogP contribution in [0.25, 0.3) is 0 Å². The molecule has 1 aliphatic rings. The van der Waals surface area contributed by atoms with Crippen LogP contribution in [-0.2, 0) is 14.8 Å². The van der Waals surface area contributed by atoms with Crippen LogP contribution in [0.5, 0.6) is 0 Å². The summed E-state index contributed by atoms with van der Waals surface area (Å²) in [5.74, 6) is -0.0578. The number of rotatable bonds is 8. The molecule has 1 N–H and O–H groups in total. The van der Waals surface area contributed by atoms with E-state index in [0.717, 1.165) is 38.8 Å². The summed E-state index contributed by atoms with van der Waals surface area (Å²) in [5, 5.41) is 2.84. The predicted molar refractivity (Wildman–Crippen MR) is 100 cm³/mol. The lowest BCUT2D eigenvalue weighted by Crippen LogP contribution is -2.36. The van der Waals surface area contributed by atoms with Crippen molar-refractivity contribution in [2.24, 2.45) is 0 Å². The number of carbonyl (C=O) groups excluding carboxylic acids is 1. The number of hydrogen-bond donors (Lipinski definition) is 1. The first-order valence-electron chi connectivity index (χ1n) is 9.02. The summed E-state index contributed by atoms with van der Waals surface area (Å²) in [5.41, 5.74) is 0.622. The molecule has 0 bridgehead atoms. The van der Waals surface area contributed by atoms with Crippen molar-refractivity contribution in [3.63, 3.8) is 0 Å². The van der Waals surface area contributed by atoms with Gasteiger partial charge in [0.25, 0.3) is 0 Å². The molecule has 0 spiro atoms. The maximum Gasteiger partial charge on any atom is 0.242 e. The zero-order valence-electron chi connectivity index (χ0n) is 15.2. The average molecular weight is 368 g/mol. The third-order valence-corrected chi connectivity index (χ3v) is 6.36. The molecule has 1 aliphatic heterocycles. The molecule has 7 heteroatoms. The van der Waals surface area contributed by atoms with E-state index in [2.05, 4.69) is 10.2 Å². The van der Waals surface area contributed by atoms with Gasteiger partial charge in [0.15, 0.2) is 0 Å². The summed E-state index contributed by atoms with van der Waals surface area (Å²) in [6.07, 6.45) is 5.31. The maximum atomic E-state index is 12.5. The number of unbranched alkanes of at least 4 members (excludes halogenated alkanes) is 1. The van der Waals surface area contributed by atoms with Crippen molar-refractivity contribution in [3.05, 3.63) is 24.3 Å². The standard InChI is InChI=1S/C18H29N3O3S/c1-3-4-12-20(2)25(23,24)17-10-8-16(9-11-17)19-18(22)15-21-13-6-5-7-14-21/h8-11H,3-7,12-15H2,1-2H3,(H,19,22). The Balaban J connectivity index is 1.93. The third kappa shape index (κ3) is 5.80. The fourth-order valence-electron chi connectivity index (χ4n) is 2.91. The number of hydrogen-bond acceptors (Lipinski definition) is 4. The van der Waals surface area contributed by atoms with Gasteiger partial charge in [-0.1, -0.05) is 19.8 Å². The molecular weight excluding hydrogens is 338 g/mol. The molecule has 0 aromatic heterocycles. The molecule has 0 saturated carbocycles. The lowest BCUT2D eigenvalue weighted by Gasteiger charge is -2.25. The highest BCUT2D eigenvalue weighted by Gasteiger charge is 2.20. The molecule has 1 heterocycles. The van der Waals surface area contributed by atoms with Gasteiger partial charge in [0.2, 0.25) is 15.9 Å². The van der Waals surface area contributed by atoms with Crippen molar-refractivity contribution < 1.29 is 13.2 Å². The normalized spacial score (nSPS) is 16.1. The largest absolute Gasteiger partial charge is 0.325 e. The van der Waals surface area contributed by atoms with E-state index in [9.17, 15) is 13.2 Å². The van der Waals surface area contributed by atoms with Crippen LogP contribution in [0.3, 0.4) is 0 Å². The molecule has 2 rings (SSSR count). The van der Waals surface area contributed by atoms with Gasteiger partial charge in [0.1, 0.15) is 0 Å². The van der Waals surface area contributed by atoms with E-state index in [-0.39, 0.29) is 10.8 Å². The van der Waals surface area contributed by atoms with Gasteiger partial charge in [-0.2, -0.15) is 0 Å². The van der Waals surface area contributed by atoms with E-state index >= 15 is 0 Å². The molecule has 0 atom stereocenters. The van der Waals surface area contributed by atoms with E-state index in [0.29, 0.717) is 18.8 Å². The van der Waals surface area contributed by atoms with Gasteiger partial charge < -0.3 is 5.32 Å². The molecular formula is C18H29N3O3S. The Hall–Kier alpha value is -1.44. The van der Waals surface area contributed by atoms with Crippen LogP contribution in [0.4, 0.5) is 5.69 Å². The Kier molecular flexibility index (Phi) is 7.40. The number of amides is 1. The number of piperidine rings is 1. The molecule has 0 unspecified atom stereocenters. The third-order valence-electron chi connectivity index (χ3n) is 4.49. The van der Waals surface area contributed by atoms with Gasteiger partial charge in [0.05, 0.1) is 11.4 Å². The smallest absolute Gasteiger partial charge is 0.242 e. The summed E-state index contributed by atoms with van der Waals surface area (Å²) < 4.78 is 26.3. The zero-order valence-corrected chi connectivity index (χ0v) is 16.0. The van der Waals surface area contributed by atoms with Crippen molar-refractivity contribution in [1.82, 2.24) is 9.21 Å². The highest BCUT2D eigenvalue weighted by molar-refractivity contribution is 7.89. The molecule has 6 nitrogen and oxygen atoms in total. The predicted octanol–water partition coefficient (Wildman–Crippen LogP) is 2.53. The van der Waals surface area contributed by atoms with Crippen molar-refractivity contribution in [1.29, 1.82) is 0 Å². The van der Waals surface area contributed by atoms with Crippen LogP contribution < -0.4 is 5.32 Å². The summed E-state index contributed by atoms with van der Waals surface area (Å²) in [6.45, 7) is 4.86. The molecule has 1 aromatic carbocycles. The quantitative estimate of drug-likeness (QED) is 0.766. The van der Waals surface area contributed by atoms with Crippen molar-refractivity contribution in [2.45, 2.75) is 43.9 Å². The Labute approximate surface area is 151 Å². The van der Waals surface area contributed by atoms with Crippen LogP contribution >= 0.6 is 0 Å². The fraction of sp³-hybridized carbons (Fsp3) is 0.611. The van der Waals surface area contributed by atoms with E-state index in [1.165, 1.54) is 10.7 Å². The summed E-state index contributed by atoms with van der Waals surface area (Å²) in [7, 11) is -1.87. The first-order chi connectivity index (χ1) is 11.9. The molecule has 1 amide bonds. The van der Waals surface area contributed by atoms with E-state index in [1.54, 1.807) is 31.3 Å². The summed E-state index contributed by atoms with van der Waals surface area (Å²) in [6, 6.07) is 6.39. The Morgan fingerprint density at radius 2 is 1.80 bits per heavy atom. The van der Waals surface area contributed by atoms with E-state index in [4.69, 9.17) is 0 Å². The van der Waals surface area contributed by atoms with Gasteiger partial charge in [0, 0.05) is 19.3 Å². The van der Waals surface area contributed by atoms with E-state index in [1.807, 2.05) is 6.92 Å². The average Bonchev–Trinajstić information content (AvgIpc) is 2.60. The topological polar surface area (TPSA) is 69.7 Å². The van der Waals surface area contributed by atoms with Crippen LogP contribution in [0, 0.1) is 0 Å². The van der Waals surface area contributed by atoms with Gasteiger partial charge in [-0.25, -0.2) is 12.7 Å². The number of likely N-dealkylation sites (tertiary alicyclic amines) is 1. The Morgan fingerprint density at radius 1 is 1.16 bits per heavy atom. The highest BCUT2D eigenvalue weighted by atomic mass is 32.2. The number of sulfonamides is 1. The van der Waals surface area contributed by atoms with Crippen LogP contribution in [0.2, 0.25) is 0 Å². The summed E-state index contributed by atoms with van der Waals surface area (Å²) >= 11 is 0. The molecule has 140 valence electrons. The van der Waals surface area contributed by atoms with Crippen molar-refractivity contribution in [2.75, 3.05) is 38.5 Å². The molecule has 0 aliphatic carbocycles. The molecule has 1 aromatic rings. The monoisotopic (exact) mass is 367 g/mol. The molecule has 1 saturated heterocycles. The first-order valence-corrected chi connectivity index (χ1v) is 10.5. The number of carbonyl (C=O) groups is 1. The van der Waals surface area contributed by atoms with Crippen molar-refractivity contribution in [3.8, 4) is 0 Å². The lowest BCUT2D eigenvalue weighted by molar-refractivity contribution is -0.117. The SMILES string of the molecule is CCCCN(C)S(=O)(=O)c1ccc(NC(=O)CN2CCCCC2)cc1. The van der Waals surface area contributed by atoms with Crippen LogP contribution in [-0.4, -0.2) is 56.8 Å². The minimum Gasteiger partial charge on any atom is -0.325 e. The van der Waals surface area contributed by atoms with Crippen molar-refractivity contribution >= 4 is 21.6 Å². The second-order valence-corrected chi connectivity index (χ2v) is 8.63. The zero-order chi connectivity index (χ0) is 18.3. The van der Waals surface area contributed by atoms with E-state index < -0.39 is 10.0 Å². The Morgan fingerprint density at radius 3 is 2.40 bits per heavy atom. The Bertz CT molecular complexity index is 653. The highest BCUT2D eigenvalue weighted by Crippen LogP contribution is 2.18. The number of nitrogens with one attached hydrogen (secondary N) is 1. The second kappa shape index (κ2) is 9.31. The molecule has 0 radical (unpaired) electrons. The van der Waals surface area contributed by atoms with Gasteiger partial charge >= 0.3 is 0 Å². The lowest BCUT2D eigenvalue weighted by atomic mass is 10.1. The summed E-state index contributed by atoms with van der Waals surface area (Å²) in [4.78, 5) is 14.5. The van der Waals surface area contributed by atoms with Crippen LogP contribution in [0.1, 0.15) is 39.0 Å². The van der Waals surface area contributed by atoms with Gasteiger partial charge in [-0.15, -0.1) is 0 Å². The van der Waals surface area contributed by atoms with Gasteiger partial charge in [-0.05, 0) is 56.6 Å². The minimum atomic E-state index is -3.47. The second-order valence-electron chi connectivity index (χ2n) is 6.59. The fourth-order valence-corrected chi connectivity index (χ4v) is 4.12. The molecule has 25 heavy (non-hydrogen) atoms.